The predicted molar refractivity (Wildman–Crippen MR) is 305 cm³/mol. The largest absolute Gasteiger partial charge is 0.478 e. The number of aliphatic carboxylic acids is 1. The summed E-state index contributed by atoms with van der Waals surface area (Å²) in [4.78, 5) is 23.2. The first-order valence-corrected chi connectivity index (χ1v) is 26.9. The fraction of sp³-hybridized carbons (Fsp3) is 0.541. The van der Waals surface area contributed by atoms with Gasteiger partial charge in [-0.25, -0.2) is 4.79 Å². The number of aliphatic hydroxyl groups is 12. The summed E-state index contributed by atoms with van der Waals surface area (Å²) < 4.78 is 0. The lowest BCUT2D eigenvalue weighted by molar-refractivity contribution is -0.131. The zero-order valence-electron chi connectivity index (χ0n) is 45.5. The van der Waals surface area contributed by atoms with Crippen molar-refractivity contribution in [3.8, 4) is 0 Å². The van der Waals surface area contributed by atoms with Crippen LogP contribution in [0.1, 0.15) is 111 Å². The van der Waals surface area contributed by atoms with E-state index < -0.39 is 91.1 Å². The SMILES string of the molecule is C[C@H]([C@@H](O)[C@@H](C)C=CCCC=CC=CC=CC=CC(=O)O)[C@H](O)C=CC=CC=CC=CC=CC[C@H](O)[C@@H](C)C(=O)C[C@H](O)C[C@H](O)C[C@H](O)C=CC[C@@H](O)C[C@H](O)C[C@@H](O)C[C@H](O)C=CC[C@H](O)C=CC[C@H](O)CCCN. The molecule has 0 unspecified atom stereocenters. The van der Waals surface area contributed by atoms with Crippen molar-refractivity contribution in [2.24, 2.45) is 23.5 Å². The van der Waals surface area contributed by atoms with Crippen LogP contribution in [-0.4, -0.2) is 158 Å². The Morgan fingerprint density at radius 3 is 1.49 bits per heavy atom. The molecule has 0 aromatic rings. The van der Waals surface area contributed by atoms with Gasteiger partial charge in [0.05, 0.1) is 73.2 Å². The van der Waals surface area contributed by atoms with E-state index in [-0.39, 0.29) is 69.5 Å². The maximum absolute atomic E-state index is 12.8. The Balaban J connectivity index is 4.50. The molecule has 0 rings (SSSR count). The normalized spacial score (nSPS) is 19.4. The summed E-state index contributed by atoms with van der Waals surface area (Å²) in [5.74, 6) is -2.70. The van der Waals surface area contributed by atoms with Crippen LogP contribution in [0.25, 0.3) is 0 Å². The minimum Gasteiger partial charge on any atom is -0.478 e. The lowest BCUT2D eigenvalue weighted by atomic mass is 9.88. The minimum absolute atomic E-state index is 0.0637. The Labute approximate surface area is 458 Å². The van der Waals surface area contributed by atoms with E-state index in [0.29, 0.717) is 25.8 Å². The molecule has 15 N–H and O–H groups in total. The molecule has 0 radical (unpaired) electrons. The molecule has 0 heterocycles. The number of carboxylic acids is 1. The molecule has 15 atom stereocenters. The van der Waals surface area contributed by atoms with E-state index in [1.807, 2.05) is 37.3 Å². The van der Waals surface area contributed by atoms with Crippen LogP contribution >= 0.6 is 0 Å². The quantitative estimate of drug-likeness (QED) is 0.0154. The zero-order valence-corrected chi connectivity index (χ0v) is 45.5. The van der Waals surface area contributed by atoms with E-state index in [1.165, 1.54) is 24.3 Å². The summed E-state index contributed by atoms with van der Waals surface area (Å²) >= 11 is 0. The Kier molecular flexibility index (Phi) is 43.3. The van der Waals surface area contributed by atoms with Crippen LogP contribution in [0.5, 0.6) is 0 Å². The number of aliphatic hydroxyl groups excluding tert-OH is 12. The number of allylic oxidation sites excluding steroid dienone is 16. The van der Waals surface area contributed by atoms with Crippen LogP contribution in [0, 0.1) is 17.8 Å². The van der Waals surface area contributed by atoms with Gasteiger partial charge in [-0.15, -0.1) is 0 Å². The highest BCUT2D eigenvalue weighted by atomic mass is 16.4. The predicted octanol–water partition coefficient (Wildman–Crippen LogP) is 5.53. The summed E-state index contributed by atoms with van der Waals surface area (Å²) in [6.07, 6.45) is 35.3. The van der Waals surface area contributed by atoms with E-state index >= 15 is 0 Å². The number of rotatable bonds is 44. The second-order valence-electron chi connectivity index (χ2n) is 19.6. The van der Waals surface area contributed by atoms with Gasteiger partial charge in [-0.2, -0.15) is 0 Å². The third-order valence-corrected chi connectivity index (χ3v) is 12.3. The van der Waals surface area contributed by atoms with Gasteiger partial charge in [0.2, 0.25) is 0 Å². The number of unbranched alkanes of at least 4 members (excludes halogenated alkanes) is 1. The summed E-state index contributed by atoms with van der Waals surface area (Å²) in [5.41, 5.74) is 5.43. The molecule has 434 valence electrons. The van der Waals surface area contributed by atoms with Crippen molar-refractivity contribution in [1.29, 1.82) is 0 Å². The third-order valence-electron chi connectivity index (χ3n) is 12.3. The van der Waals surface area contributed by atoms with E-state index in [1.54, 1.807) is 111 Å². The van der Waals surface area contributed by atoms with Crippen LogP contribution in [0.3, 0.4) is 0 Å². The zero-order chi connectivity index (χ0) is 57.8. The molecule has 0 spiro atoms. The molecule has 77 heavy (non-hydrogen) atoms. The first-order chi connectivity index (χ1) is 36.7. The third kappa shape index (κ3) is 41.9. The molecule has 0 aliphatic rings. The van der Waals surface area contributed by atoms with Crippen LogP contribution < -0.4 is 5.73 Å². The molecule has 0 saturated carbocycles. The topological polar surface area (TPSA) is 323 Å². The highest BCUT2D eigenvalue weighted by molar-refractivity contribution is 5.81. The maximum atomic E-state index is 12.8. The molecule has 16 nitrogen and oxygen atoms in total. The number of carbonyl (C=O) groups is 2. The number of ketones is 1. The van der Waals surface area contributed by atoms with Crippen LogP contribution in [-0.2, 0) is 9.59 Å². The molecule has 0 saturated heterocycles. The fourth-order valence-corrected chi connectivity index (χ4v) is 7.57. The smallest absolute Gasteiger partial charge is 0.328 e. The van der Waals surface area contributed by atoms with Gasteiger partial charge < -0.3 is 72.1 Å². The number of Topliss-reactive ketones (excluding diaryl/α,β-unsaturated/α-hetero) is 1. The highest BCUT2D eigenvalue weighted by Crippen LogP contribution is 2.20. The second-order valence-corrected chi connectivity index (χ2v) is 19.6. The molecule has 0 aliphatic carbocycles. The highest BCUT2D eigenvalue weighted by Gasteiger charge is 2.26. The molecule has 0 bridgehead atoms. The Bertz CT molecular complexity index is 1950. The van der Waals surface area contributed by atoms with Crippen molar-refractivity contribution < 1.29 is 76.0 Å². The number of carboxylic acid groups (broad SMARTS) is 1. The molecule has 0 amide bonds. The number of nitrogens with two attached hydrogens (primary N) is 1. The van der Waals surface area contributed by atoms with Crippen molar-refractivity contribution in [3.05, 3.63) is 158 Å². The average Bonchev–Trinajstić information content (AvgIpc) is 3.36. The minimum atomic E-state index is -1.20. The number of hydrogen-bond acceptors (Lipinski definition) is 15. The van der Waals surface area contributed by atoms with Gasteiger partial charge in [-0.3, -0.25) is 4.79 Å². The van der Waals surface area contributed by atoms with Crippen molar-refractivity contribution >= 4 is 11.8 Å². The monoisotopic (exact) mass is 1080 g/mol. The second kappa shape index (κ2) is 46.2. The average molecular weight is 1080 g/mol. The Morgan fingerprint density at radius 2 is 0.909 bits per heavy atom. The number of carbonyl (C=O) groups excluding carboxylic acids is 1. The van der Waals surface area contributed by atoms with Crippen molar-refractivity contribution in [2.75, 3.05) is 6.54 Å². The number of hydrogen-bond donors (Lipinski definition) is 14. The molecule has 0 aromatic carbocycles. The summed E-state index contributed by atoms with van der Waals surface area (Å²) in [6, 6.07) is 0. The Morgan fingerprint density at radius 1 is 0.442 bits per heavy atom. The molecule has 0 fully saturated rings. The maximum Gasteiger partial charge on any atom is 0.328 e. The van der Waals surface area contributed by atoms with Gasteiger partial charge in [0.1, 0.15) is 5.78 Å². The van der Waals surface area contributed by atoms with Crippen LogP contribution in [0.15, 0.2) is 158 Å². The molecule has 0 aliphatic heterocycles. The molecular weight excluding hydrogens is 987 g/mol. The summed E-state index contributed by atoms with van der Waals surface area (Å²) in [6.45, 7) is 5.76. The van der Waals surface area contributed by atoms with E-state index in [4.69, 9.17) is 10.8 Å². The van der Waals surface area contributed by atoms with E-state index in [0.717, 1.165) is 18.9 Å². The lowest BCUT2D eigenvalue weighted by Crippen LogP contribution is -2.32. The van der Waals surface area contributed by atoms with Gasteiger partial charge in [-0.05, 0) is 77.2 Å². The Hall–Kier alpha value is -4.76. The van der Waals surface area contributed by atoms with Gasteiger partial charge in [0, 0.05) is 43.1 Å². The first kappa shape index (κ1) is 72.2. The van der Waals surface area contributed by atoms with Crippen LogP contribution in [0.4, 0.5) is 0 Å². The molecule has 16 heteroatoms. The standard InChI is InChI=1S/C61H95NO15/c1-45(27-19-15-11-7-4-5-10-14-18-22-37-60(75)76)61(77)47(3)58(73)36-21-17-13-9-6-8-12-16-20-35-57(72)46(2)59(74)44-56(71)43-55(70)41-52(67)33-25-32-51(66)40-54(69)42-53(68)39-50(65)31-24-30-48(63)28-23-29-49(64)34-26-38-62/h4-10,12-14,16-25,27-28,31,33,36-37,45-58,61,63-73,77H,11,15,26,29-30,32,34-35,38-44,62H2,1-3H3,(H,75,76)/t45-,46+,47-,48+,49-,50+,51+,52+,53-,54-,55+,56+,57-,58+,61-/m0/s1. The van der Waals surface area contributed by atoms with Crippen molar-refractivity contribution in [3.63, 3.8) is 0 Å². The van der Waals surface area contributed by atoms with E-state index in [2.05, 4.69) is 0 Å². The van der Waals surface area contributed by atoms with E-state index in [9.17, 15) is 70.9 Å². The van der Waals surface area contributed by atoms with Gasteiger partial charge >= 0.3 is 5.97 Å². The van der Waals surface area contributed by atoms with Gasteiger partial charge in [0.25, 0.3) is 0 Å². The first-order valence-electron chi connectivity index (χ1n) is 26.9. The van der Waals surface area contributed by atoms with Gasteiger partial charge in [0.15, 0.2) is 0 Å². The lowest BCUT2D eigenvalue weighted by Gasteiger charge is -2.25. The summed E-state index contributed by atoms with van der Waals surface area (Å²) in [5, 5.41) is 133. The van der Waals surface area contributed by atoms with Gasteiger partial charge in [-0.1, -0.05) is 173 Å². The molecule has 0 aromatic heterocycles. The van der Waals surface area contributed by atoms with Crippen molar-refractivity contribution in [2.45, 2.75) is 184 Å². The van der Waals surface area contributed by atoms with Crippen LogP contribution in [0.2, 0.25) is 0 Å². The molecular formula is C61H95NO15. The fourth-order valence-electron chi connectivity index (χ4n) is 7.57. The van der Waals surface area contributed by atoms with Crippen molar-refractivity contribution in [1.82, 2.24) is 0 Å². The summed E-state index contributed by atoms with van der Waals surface area (Å²) in [7, 11) is 0.